The average molecular weight is 507 g/mol. The maximum Gasteiger partial charge on any atom is 0.417 e. The number of halogens is 3. The number of nitrogens with zero attached hydrogens (tertiary/aromatic N) is 8. The van der Waals surface area contributed by atoms with Crippen molar-refractivity contribution < 1.29 is 18.0 Å². The standard InChI is InChI=1S/C24H20F3N9O/c1-34-11-10-20(31-34)18-12-15(8-9-19(18)24(25,26)27)23(37)28-22-14-16(13-21-29-33-35(2)32-21)30-36(22)17-6-4-3-5-7-17/h3-12,14H,13H2,1-2H3,(H,28,37). The SMILES string of the molecule is Cn1ccc(-c2cc(C(=O)Nc3cc(Cc4nnn(C)n4)nn3-c3ccccc3)ccc2C(F)(F)F)n1. The molecular formula is C24H20F3N9O. The Balaban J connectivity index is 1.50. The minimum absolute atomic E-state index is 0.0339. The zero-order valence-electron chi connectivity index (χ0n) is 19.7. The van der Waals surface area contributed by atoms with Crippen LogP contribution >= 0.6 is 0 Å². The lowest BCUT2D eigenvalue weighted by molar-refractivity contribution is -0.137. The van der Waals surface area contributed by atoms with Crippen LogP contribution in [0.15, 0.2) is 66.9 Å². The fraction of sp³-hybridized carbons (Fsp3) is 0.167. The smallest absolute Gasteiger partial charge is 0.306 e. The van der Waals surface area contributed by atoms with Crippen LogP contribution < -0.4 is 5.32 Å². The van der Waals surface area contributed by atoms with Gasteiger partial charge in [-0.05, 0) is 41.6 Å². The van der Waals surface area contributed by atoms with E-state index in [4.69, 9.17) is 0 Å². The zero-order valence-corrected chi connectivity index (χ0v) is 19.7. The van der Waals surface area contributed by atoms with Gasteiger partial charge in [0.15, 0.2) is 5.82 Å². The first-order chi connectivity index (χ1) is 17.7. The van der Waals surface area contributed by atoms with Crippen LogP contribution in [-0.2, 0) is 26.7 Å². The van der Waals surface area contributed by atoms with E-state index in [0.29, 0.717) is 23.0 Å². The summed E-state index contributed by atoms with van der Waals surface area (Å²) in [6, 6.07) is 15.4. The minimum Gasteiger partial charge on any atom is -0.306 e. The van der Waals surface area contributed by atoms with E-state index < -0.39 is 17.6 Å². The summed E-state index contributed by atoms with van der Waals surface area (Å²) in [5.74, 6) is 0.169. The molecular weight excluding hydrogens is 487 g/mol. The van der Waals surface area contributed by atoms with E-state index in [1.807, 2.05) is 30.3 Å². The molecule has 0 radical (unpaired) electrons. The van der Waals surface area contributed by atoms with Gasteiger partial charge in [-0.1, -0.05) is 18.2 Å². The van der Waals surface area contributed by atoms with E-state index in [9.17, 15) is 18.0 Å². The minimum atomic E-state index is -4.61. The third-order valence-corrected chi connectivity index (χ3v) is 5.47. The van der Waals surface area contributed by atoms with Crippen molar-refractivity contribution >= 4 is 11.7 Å². The second-order valence-corrected chi connectivity index (χ2v) is 8.23. The first-order valence-electron chi connectivity index (χ1n) is 11.1. The van der Waals surface area contributed by atoms with Gasteiger partial charge >= 0.3 is 6.18 Å². The quantitative estimate of drug-likeness (QED) is 0.376. The number of anilines is 1. The number of nitrogens with one attached hydrogen (secondary N) is 1. The molecule has 0 spiro atoms. The van der Waals surface area contributed by atoms with Crippen molar-refractivity contribution in [2.24, 2.45) is 14.1 Å². The molecule has 0 aliphatic rings. The maximum absolute atomic E-state index is 13.7. The van der Waals surface area contributed by atoms with Crippen LogP contribution in [0.3, 0.4) is 0 Å². The van der Waals surface area contributed by atoms with Gasteiger partial charge in [-0.2, -0.15) is 28.2 Å². The number of benzene rings is 2. The van der Waals surface area contributed by atoms with Crippen molar-refractivity contribution in [3.05, 3.63) is 89.5 Å². The van der Waals surface area contributed by atoms with E-state index >= 15 is 0 Å². The Hall–Kier alpha value is -4.81. The van der Waals surface area contributed by atoms with Gasteiger partial charge in [0.2, 0.25) is 0 Å². The Morgan fingerprint density at radius 3 is 2.41 bits per heavy atom. The van der Waals surface area contributed by atoms with Crippen molar-refractivity contribution in [3.8, 4) is 16.9 Å². The van der Waals surface area contributed by atoms with Crippen LogP contribution in [0.1, 0.15) is 27.4 Å². The lowest BCUT2D eigenvalue weighted by Crippen LogP contribution is -2.16. The molecule has 188 valence electrons. The van der Waals surface area contributed by atoms with Gasteiger partial charge in [0, 0.05) is 30.4 Å². The Kier molecular flexibility index (Phi) is 6.03. The monoisotopic (exact) mass is 507 g/mol. The summed E-state index contributed by atoms with van der Waals surface area (Å²) in [6.45, 7) is 0. The Bertz CT molecular complexity index is 1570. The van der Waals surface area contributed by atoms with Crippen LogP contribution in [0.2, 0.25) is 0 Å². The normalized spacial score (nSPS) is 11.6. The number of aryl methyl sites for hydroxylation is 2. The van der Waals surface area contributed by atoms with Crippen molar-refractivity contribution in [3.63, 3.8) is 0 Å². The third kappa shape index (κ3) is 5.10. The van der Waals surface area contributed by atoms with E-state index in [1.54, 1.807) is 20.2 Å². The van der Waals surface area contributed by atoms with E-state index in [0.717, 1.165) is 12.1 Å². The first-order valence-corrected chi connectivity index (χ1v) is 11.1. The number of carbonyl (C=O) groups is 1. The number of amides is 1. The van der Waals surface area contributed by atoms with Crippen molar-refractivity contribution in [1.29, 1.82) is 0 Å². The number of alkyl halides is 3. The third-order valence-electron chi connectivity index (χ3n) is 5.47. The van der Waals surface area contributed by atoms with Crippen molar-refractivity contribution in [2.45, 2.75) is 12.6 Å². The molecule has 5 aromatic rings. The molecule has 0 saturated carbocycles. The summed E-state index contributed by atoms with van der Waals surface area (Å²) in [6.07, 6.45) is -2.81. The van der Waals surface area contributed by atoms with Gasteiger partial charge in [0.25, 0.3) is 5.91 Å². The fourth-order valence-electron chi connectivity index (χ4n) is 3.82. The molecule has 0 unspecified atom stereocenters. The Morgan fingerprint density at radius 1 is 0.973 bits per heavy atom. The molecule has 5 rings (SSSR count). The first kappa shape index (κ1) is 23.9. The molecule has 0 atom stereocenters. The van der Waals surface area contributed by atoms with Crippen molar-refractivity contribution in [1.82, 2.24) is 39.8 Å². The molecule has 0 fully saturated rings. The van der Waals surface area contributed by atoms with Gasteiger partial charge < -0.3 is 5.32 Å². The molecule has 2 aromatic carbocycles. The molecule has 0 bridgehead atoms. The van der Waals surface area contributed by atoms with Gasteiger partial charge in [-0.3, -0.25) is 9.48 Å². The number of hydrogen-bond acceptors (Lipinski definition) is 6. The summed E-state index contributed by atoms with van der Waals surface area (Å²) in [5.41, 5.74) is 0.318. The largest absolute Gasteiger partial charge is 0.417 e. The molecule has 3 aromatic heterocycles. The Labute approximate surface area is 208 Å². The summed E-state index contributed by atoms with van der Waals surface area (Å²) in [4.78, 5) is 14.6. The highest BCUT2D eigenvalue weighted by molar-refractivity contribution is 6.04. The second kappa shape index (κ2) is 9.33. The molecule has 37 heavy (non-hydrogen) atoms. The van der Waals surface area contributed by atoms with Gasteiger partial charge in [0.05, 0.1) is 36.1 Å². The van der Waals surface area contributed by atoms with Gasteiger partial charge in [-0.15, -0.1) is 10.2 Å². The number of hydrogen-bond donors (Lipinski definition) is 1. The lowest BCUT2D eigenvalue weighted by Gasteiger charge is -2.14. The van der Waals surface area contributed by atoms with E-state index in [1.165, 1.54) is 32.5 Å². The summed E-state index contributed by atoms with van der Waals surface area (Å²) < 4.78 is 44.0. The predicted molar refractivity (Wildman–Crippen MR) is 127 cm³/mol. The fourth-order valence-corrected chi connectivity index (χ4v) is 3.82. The molecule has 3 heterocycles. The van der Waals surface area contributed by atoms with Gasteiger partial charge in [0.1, 0.15) is 5.82 Å². The van der Waals surface area contributed by atoms with Crippen LogP contribution in [-0.4, -0.2) is 45.7 Å². The predicted octanol–water partition coefficient (Wildman–Crippen LogP) is 3.66. The number of aromatic nitrogens is 8. The topological polar surface area (TPSA) is 108 Å². The zero-order chi connectivity index (χ0) is 26.2. The summed E-state index contributed by atoms with van der Waals surface area (Å²) >= 11 is 0. The molecule has 1 N–H and O–H groups in total. The van der Waals surface area contributed by atoms with E-state index in [2.05, 4.69) is 30.9 Å². The number of tetrazole rings is 1. The van der Waals surface area contributed by atoms with Crippen molar-refractivity contribution in [2.75, 3.05) is 5.32 Å². The lowest BCUT2D eigenvalue weighted by atomic mass is 10.0. The second-order valence-electron chi connectivity index (χ2n) is 8.23. The summed E-state index contributed by atoms with van der Waals surface area (Å²) in [7, 11) is 3.25. The summed E-state index contributed by atoms with van der Waals surface area (Å²) in [5, 5.41) is 23.4. The highest BCUT2D eigenvalue weighted by atomic mass is 19.4. The molecule has 0 aliphatic heterocycles. The Morgan fingerprint density at radius 2 is 1.76 bits per heavy atom. The maximum atomic E-state index is 13.7. The molecule has 0 saturated heterocycles. The van der Waals surface area contributed by atoms with E-state index in [-0.39, 0.29) is 23.2 Å². The molecule has 10 nitrogen and oxygen atoms in total. The molecule has 1 amide bonds. The number of rotatable bonds is 6. The van der Waals surface area contributed by atoms with Crippen LogP contribution in [0.4, 0.5) is 19.0 Å². The van der Waals surface area contributed by atoms with Crippen LogP contribution in [0.25, 0.3) is 16.9 Å². The number of carbonyl (C=O) groups excluding carboxylic acids is 1. The van der Waals surface area contributed by atoms with Crippen LogP contribution in [0, 0.1) is 0 Å². The number of para-hydroxylation sites is 1. The highest BCUT2D eigenvalue weighted by Crippen LogP contribution is 2.37. The van der Waals surface area contributed by atoms with Crippen LogP contribution in [0.5, 0.6) is 0 Å². The van der Waals surface area contributed by atoms with Gasteiger partial charge in [-0.25, -0.2) is 4.68 Å². The molecule has 0 aliphatic carbocycles. The average Bonchev–Trinajstić information content (AvgIpc) is 3.59. The molecule has 13 heteroatoms. The highest BCUT2D eigenvalue weighted by Gasteiger charge is 2.34.